The highest BCUT2D eigenvalue weighted by atomic mass is 32.2. The largest absolute Gasteiger partial charge is 0.301 e. The van der Waals surface area contributed by atoms with Gasteiger partial charge in [-0.15, -0.1) is 34.0 Å². The third kappa shape index (κ3) is 3.73. The minimum atomic E-state index is -0.160. The minimum absolute atomic E-state index is 0.0113. The number of rotatable bonds is 5. The minimum Gasteiger partial charge on any atom is -0.301 e. The molecule has 0 aromatic carbocycles. The van der Waals surface area contributed by atoms with E-state index in [1.54, 1.807) is 34.3 Å². The molecule has 0 aliphatic heterocycles. The lowest BCUT2D eigenvalue weighted by Crippen LogP contribution is -2.21. The van der Waals surface area contributed by atoms with Gasteiger partial charge in [0.05, 0.1) is 21.7 Å². The fourth-order valence-corrected chi connectivity index (χ4v) is 7.11. The second kappa shape index (κ2) is 8.26. The fourth-order valence-electron chi connectivity index (χ4n) is 3.55. The predicted octanol–water partition coefficient (Wildman–Crippen LogP) is 4.79. The van der Waals surface area contributed by atoms with Gasteiger partial charge in [-0.2, -0.15) is 0 Å². The van der Waals surface area contributed by atoms with Crippen LogP contribution in [-0.2, 0) is 24.7 Å². The summed E-state index contributed by atoms with van der Waals surface area (Å²) in [5.41, 5.74) is 2.05. The molecule has 0 unspecified atom stereocenters. The van der Waals surface area contributed by atoms with Crippen LogP contribution in [0.3, 0.4) is 0 Å². The Morgan fingerprint density at radius 3 is 2.97 bits per heavy atom. The zero-order valence-corrected chi connectivity index (χ0v) is 19.4. The Morgan fingerprint density at radius 2 is 2.13 bits per heavy atom. The van der Waals surface area contributed by atoms with Gasteiger partial charge in [-0.3, -0.25) is 14.2 Å². The van der Waals surface area contributed by atoms with E-state index in [4.69, 9.17) is 4.98 Å². The number of hydrogen-bond acceptors (Lipinski definition) is 8. The number of nitrogens with zero attached hydrogens (tertiary/aromatic N) is 3. The summed E-state index contributed by atoms with van der Waals surface area (Å²) in [7, 11) is 1.73. The van der Waals surface area contributed by atoms with Gasteiger partial charge < -0.3 is 5.32 Å². The Bertz CT molecular complexity index is 1290. The molecule has 30 heavy (non-hydrogen) atoms. The number of anilines is 1. The van der Waals surface area contributed by atoms with Crippen LogP contribution in [0.4, 0.5) is 5.13 Å². The lowest BCUT2D eigenvalue weighted by molar-refractivity contribution is -0.113. The number of thiophene rings is 2. The maximum Gasteiger partial charge on any atom is 0.262 e. The smallest absolute Gasteiger partial charge is 0.262 e. The van der Waals surface area contributed by atoms with Crippen molar-refractivity contribution in [1.82, 2.24) is 14.5 Å². The van der Waals surface area contributed by atoms with Gasteiger partial charge in [0, 0.05) is 17.3 Å². The van der Waals surface area contributed by atoms with Crippen LogP contribution in [0.25, 0.3) is 20.8 Å². The zero-order valence-electron chi connectivity index (χ0n) is 16.1. The van der Waals surface area contributed by atoms with E-state index in [9.17, 15) is 9.59 Å². The third-order valence-electron chi connectivity index (χ3n) is 5.01. The summed E-state index contributed by atoms with van der Waals surface area (Å²) >= 11 is 5.93. The summed E-state index contributed by atoms with van der Waals surface area (Å²) in [5.74, 6) is 0.0111. The van der Waals surface area contributed by atoms with Crippen molar-refractivity contribution < 1.29 is 4.79 Å². The van der Waals surface area contributed by atoms with E-state index in [1.165, 1.54) is 40.0 Å². The number of amides is 1. The highest BCUT2D eigenvalue weighted by Gasteiger charge is 2.21. The van der Waals surface area contributed by atoms with Crippen molar-refractivity contribution >= 4 is 67.0 Å². The molecule has 0 bridgehead atoms. The number of aromatic nitrogens is 3. The van der Waals surface area contributed by atoms with Crippen molar-refractivity contribution in [2.24, 2.45) is 7.05 Å². The standard InChI is InChI=1S/C20H18N4O2S4/c1-24-18(26)16-11-5-2-3-6-13(11)30-17(16)23-20(24)29-10-15(25)22-19-21-12(9-28-19)14-7-4-8-27-14/h4,7-9H,2-3,5-6,10H2,1H3,(H,21,22,25). The number of thiazole rings is 1. The van der Waals surface area contributed by atoms with E-state index in [2.05, 4.69) is 10.3 Å². The van der Waals surface area contributed by atoms with E-state index in [-0.39, 0.29) is 17.2 Å². The number of hydrogen-bond donors (Lipinski definition) is 1. The molecule has 6 nitrogen and oxygen atoms in total. The summed E-state index contributed by atoms with van der Waals surface area (Å²) < 4.78 is 1.57. The molecule has 4 aromatic heterocycles. The van der Waals surface area contributed by atoms with Crippen molar-refractivity contribution in [2.75, 3.05) is 11.1 Å². The van der Waals surface area contributed by atoms with Crippen LogP contribution in [0.5, 0.6) is 0 Å². The molecule has 1 amide bonds. The average Bonchev–Trinajstić information content (AvgIpc) is 3.48. The Kier molecular flexibility index (Phi) is 5.48. The molecule has 1 N–H and O–H groups in total. The molecule has 0 saturated heterocycles. The van der Waals surface area contributed by atoms with Crippen molar-refractivity contribution in [2.45, 2.75) is 30.8 Å². The fraction of sp³-hybridized carbons (Fsp3) is 0.300. The van der Waals surface area contributed by atoms with E-state index < -0.39 is 0 Å². The molecule has 1 aliphatic carbocycles. The molecule has 4 aromatic rings. The quantitative estimate of drug-likeness (QED) is 0.332. The first-order chi connectivity index (χ1) is 14.6. The number of aryl methyl sites for hydroxylation is 2. The summed E-state index contributed by atoms with van der Waals surface area (Å²) in [6, 6.07) is 3.98. The normalized spacial score (nSPS) is 13.5. The lowest BCUT2D eigenvalue weighted by atomic mass is 9.97. The van der Waals surface area contributed by atoms with Gasteiger partial charge in [0.2, 0.25) is 5.91 Å². The second-order valence-electron chi connectivity index (χ2n) is 7.00. The van der Waals surface area contributed by atoms with Crippen molar-refractivity contribution in [3.05, 3.63) is 43.7 Å². The van der Waals surface area contributed by atoms with Crippen LogP contribution in [-0.4, -0.2) is 26.2 Å². The van der Waals surface area contributed by atoms with Crippen LogP contribution >= 0.6 is 45.8 Å². The SMILES string of the molecule is Cn1c(SCC(=O)Nc2nc(-c3cccs3)cs2)nc2sc3c(c2c1=O)CCCC3. The van der Waals surface area contributed by atoms with E-state index in [0.29, 0.717) is 10.3 Å². The van der Waals surface area contributed by atoms with Gasteiger partial charge in [-0.05, 0) is 42.7 Å². The number of carbonyl (C=O) groups is 1. The second-order valence-corrected chi connectivity index (χ2v) is 10.8. The number of fused-ring (bicyclic) bond motifs is 3. The van der Waals surface area contributed by atoms with E-state index in [1.807, 2.05) is 22.9 Å². The number of nitrogens with one attached hydrogen (secondary N) is 1. The van der Waals surface area contributed by atoms with Crippen LogP contribution in [0.1, 0.15) is 23.3 Å². The first-order valence-corrected chi connectivity index (χ1v) is 13.1. The first kappa shape index (κ1) is 19.9. The van der Waals surface area contributed by atoms with Crippen molar-refractivity contribution in [3.8, 4) is 10.6 Å². The highest BCUT2D eigenvalue weighted by Crippen LogP contribution is 2.34. The van der Waals surface area contributed by atoms with Crippen molar-refractivity contribution in [3.63, 3.8) is 0 Å². The topological polar surface area (TPSA) is 76.9 Å². The highest BCUT2D eigenvalue weighted by molar-refractivity contribution is 7.99. The van der Waals surface area contributed by atoms with E-state index in [0.717, 1.165) is 40.1 Å². The number of carbonyl (C=O) groups excluding carboxylic acids is 1. The molecule has 10 heteroatoms. The Labute approximate surface area is 189 Å². The van der Waals surface area contributed by atoms with Crippen molar-refractivity contribution in [1.29, 1.82) is 0 Å². The van der Waals surface area contributed by atoms with Crippen LogP contribution < -0.4 is 10.9 Å². The molecule has 4 heterocycles. The average molecular weight is 475 g/mol. The zero-order chi connectivity index (χ0) is 20.7. The maximum absolute atomic E-state index is 12.9. The lowest BCUT2D eigenvalue weighted by Gasteiger charge is -2.10. The molecule has 154 valence electrons. The van der Waals surface area contributed by atoms with Crippen LogP contribution in [0.2, 0.25) is 0 Å². The van der Waals surface area contributed by atoms with Gasteiger partial charge in [-0.25, -0.2) is 9.97 Å². The number of thioether (sulfide) groups is 1. The summed E-state index contributed by atoms with van der Waals surface area (Å²) in [6.45, 7) is 0. The summed E-state index contributed by atoms with van der Waals surface area (Å²) in [6.07, 6.45) is 4.30. The van der Waals surface area contributed by atoms with Gasteiger partial charge in [0.1, 0.15) is 4.83 Å². The third-order valence-corrected chi connectivity index (χ3v) is 8.88. The Morgan fingerprint density at radius 1 is 1.27 bits per heavy atom. The molecule has 0 fully saturated rings. The van der Waals surface area contributed by atoms with Crippen LogP contribution in [0.15, 0.2) is 32.8 Å². The molecule has 0 spiro atoms. The van der Waals surface area contributed by atoms with Gasteiger partial charge in [0.15, 0.2) is 10.3 Å². The maximum atomic E-state index is 12.9. The van der Waals surface area contributed by atoms with E-state index >= 15 is 0 Å². The van der Waals surface area contributed by atoms with Gasteiger partial charge >= 0.3 is 0 Å². The van der Waals surface area contributed by atoms with Crippen LogP contribution in [0, 0.1) is 0 Å². The molecular weight excluding hydrogens is 457 g/mol. The predicted molar refractivity (Wildman–Crippen MR) is 126 cm³/mol. The molecule has 0 saturated carbocycles. The summed E-state index contributed by atoms with van der Waals surface area (Å²) in [5, 5.41) is 8.70. The van der Waals surface area contributed by atoms with Gasteiger partial charge in [-0.1, -0.05) is 17.8 Å². The Balaban J connectivity index is 1.31. The van der Waals surface area contributed by atoms with Gasteiger partial charge in [0.25, 0.3) is 5.56 Å². The molecule has 0 atom stereocenters. The summed E-state index contributed by atoms with van der Waals surface area (Å²) in [4.78, 5) is 37.7. The molecule has 1 aliphatic rings. The molecule has 5 rings (SSSR count). The monoisotopic (exact) mass is 474 g/mol. The first-order valence-electron chi connectivity index (χ1n) is 9.53. The Hall–Kier alpha value is -2.01. The molecular formula is C20H18N4O2S4. The molecule has 0 radical (unpaired) electrons.